The zero-order chi connectivity index (χ0) is 26.2. The van der Waals surface area contributed by atoms with Crippen LogP contribution in [0.4, 0.5) is 11.4 Å². The first-order chi connectivity index (χ1) is 17.7. The van der Waals surface area contributed by atoms with Crippen LogP contribution < -0.4 is 15.4 Å². The molecule has 4 aromatic carbocycles. The zero-order valence-electron chi connectivity index (χ0n) is 19.3. The summed E-state index contributed by atoms with van der Waals surface area (Å²) in [6, 6.07) is 25.7. The van der Waals surface area contributed by atoms with E-state index in [-0.39, 0.29) is 34.7 Å². The van der Waals surface area contributed by atoms with Gasteiger partial charge < -0.3 is 5.32 Å². The van der Waals surface area contributed by atoms with Gasteiger partial charge in [0.2, 0.25) is 21.8 Å². The van der Waals surface area contributed by atoms with E-state index < -0.39 is 15.3 Å². The van der Waals surface area contributed by atoms with Gasteiger partial charge in [-0.3, -0.25) is 14.4 Å². The fourth-order valence-electron chi connectivity index (χ4n) is 4.07. The topological polar surface area (TPSA) is 127 Å². The molecule has 1 aliphatic rings. The molecule has 1 aliphatic heterocycles. The molecule has 10 heteroatoms. The van der Waals surface area contributed by atoms with E-state index in [9.17, 15) is 22.8 Å². The summed E-state index contributed by atoms with van der Waals surface area (Å²) in [6.45, 7) is 0. The van der Waals surface area contributed by atoms with Gasteiger partial charge in [-0.25, -0.2) is 18.5 Å². The summed E-state index contributed by atoms with van der Waals surface area (Å²) < 4.78 is 22.9. The van der Waals surface area contributed by atoms with E-state index >= 15 is 0 Å². The van der Waals surface area contributed by atoms with Crippen molar-refractivity contribution in [1.82, 2.24) is 0 Å². The average Bonchev–Trinajstić information content (AvgIpc) is 3.16. The molecule has 1 fully saturated rings. The minimum Gasteiger partial charge on any atom is -0.322 e. The molecule has 4 aromatic rings. The van der Waals surface area contributed by atoms with Crippen molar-refractivity contribution in [3.05, 3.63) is 96.6 Å². The largest absolute Gasteiger partial charge is 0.322 e. The highest BCUT2D eigenvalue weighted by molar-refractivity contribution is 8.00. The maximum absolute atomic E-state index is 12.9. The lowest BCUT2D eigenvalue weighted by Gasteiger charge is -2.15. The highest BCUT2D eigenvalue weighted by Gasteiger charge is 2.40. The van der Waals surface area contributed by atoms with Crippen molar-refractivity contribution in [2.45, 2.75) is 21.5 Å². The molecule has 0 saturated carbocycles. The number of hydrogen-bond donors (Lipinski definition) is 2. The van der Waals surface area contributed by atoms with Crippen LogP contribution in [0.1, 0.15) is 16.8 Å². The van der Waals surface area contributed by atoms with Gasteiger partial charge in [-0.1, -0.05) is 30.3 Å². The van der Waals surface area contributed by atoms with Gasteiger partial charge in [0.15, 0.2) is 0 Å². The summed E-state index contributed by atoms with van der Waals surface area (Å²) in [5, 5.41) is 9.39. The number of sulfonamides is 1. The summed E-state index contributed by atoms with van der Waals surface area (Å²) in [6.07, 6.45) is 0.0148. The number of nitrogens with two attached hydrogens (primary N) is 1. The first kappa shape index (κ1) is 24.7. The fourth-order valence-corrected chi connectivity index (χ4v) is 5.64. The lowest BCUT2D eigenvalue weighted by atomic mass is 10.1. The second-order valence-electron chi connectivity index (χ2n) is 8.46. The lowest BCUT2D eigenvalue weighted by Crippen LogP contribution is -2.31. The Hall–Kier alpha value is -3.99. The summed E-state index contributed by atoms with van der Waals surface area (Å²) in [4.78, 5) is 39.9. The molecule has 1 heterocycles. The zero-order valence-corrected chi connectivity index (χ0v) is 21.0. The normalized spacial score (nSPS) is 15.8. The quantitative estimate of drug-likeness (QED) is 0.360. The molecular weight excluding hydrogens is 510 g/mol. The van der Waals surface area contributed by atoms with Crippen molar-refractivity contribution in [2.75, 3.05) is 10.2 Å². The van der Waals surface area contributed by atoms with Crippen LogP contribution in [0.5, 0.6) is 0 Å². The second-order valence-corrected chi connectivity index (χ2v) is 11.3. The number of anilines is 2. The number of primary sulfonamides is 1. The Morgan fingerprint density at radius 1 is 0.892 bits per heavy atom. The number of benzene rings is 4. The Kier molecular flexibility index (Phi) is 6.55. The van der Waals surface area contributed by atoms with Crippen LogP contribution in [0.25, 0.3) is 10.8 Å². The molecule has 0 aliphatic carbocycles. The van der Waals surface area contributed by atoms with Crippen molar-refractivity contribution in [3.8, 4) is 0 Å². The van der Waals surface area contributed by atoms with Gasteiger partial charge in [-0.05, 0) is 71.4 Å². The predicted molar refractivity (Wildman–Crippen MR) is 143 cm³/mol. The molecule has 186 valence electrons. The van der Waals surface area contributed by atoms with E-state index in [1.807, 2.05) is 36.4 Å². The van der Waals surface area contributed by atoms with Gasteiger partial charge >= 0.3 is 0 Å². The average molecular weight is 532 g/mol. The number of nitrogens with one attached hydrogen (secondary N) is 1. The minimum absolute atomic E-state index is 0.0148. The number of imide groups is 1. The molecule has 1 saturated heterocycles. The third-order valence-corrected chi connectivity index (χ3v) is 8.06. The van der Waals surface area contributed by atoms with Crippen LogP contribution in [0, 0.1) is 0 Å². The molecular formula is C27H21N3O5S2. The monoisotopic (exact) mass is 531 g/mol. The lowest BCUT2D eigenvalue weighted by molar-refractivity contribution is -0.121. The number of thioether (sulfide) groups is 1. The SMILES string of the molecule is NS(=O)(=O)c1ccc(N2C(=O)CC(Sc3ccc(NC(=O)c4ccc5ccccc5c4)cc3)C2=O)cc1. The third kappa shape index (κ3) is 5.26. The summed E-state index contributed by atoms with van der Waals surface area (Å²) in [7, 11) is -3.88. The van der Waals surface area contributed by atoms with Gasteiger partial charge in [0.1, 0.15) is 0 Å². The summed E-state index contributed by atoms with van der Waals surface area (Å²) >= 11 is 1.25. The molecule has 1 atom stereocenters. The molecule has 0 radical (unpaired) electrons. The van der Waals surface area contributed by atoms with Crippen molar-refractivity contribution in [3.63, 3.8) is 0 Å². The highest BCUT2D eigenvalue weighted by Crippen LogP contribution is 2.34. The smallest absolute Gasteiger partial charge is 0.255 e. The standard InChI is InChI=1S/C27H21N3O5S2/c28-37(34,35)23-13-9-21(10-14-23)30-25(31)16-24(27(30)33)36-22-11-7-20(8-12-22)29-26(32)19-6-5-17-3-1-2-4-18(17)15-19/h1-15,24H,16H2,(H,29,32)(H2,28,34,35). The molecule has 37 heavy (non-hydrogen) atoms. The van der Waals surface area contributed by atoms with E-state index in [4.69, 9.17) is 5.14 Å². The van der Waals surface area contributed by atoms with E-state index in [0.29, 0.717) is 11.3 Å². The Balaban J connectivity index is 1.24. The number of amides is 3. The molecule has 5 rings (SSSR count). The minimum atomic E-state index is -3.88. The molecule has 0 aromatic heterocycles. The molecule has 3 amide bonds. The summed E-state index contributed by atoms with van der Waals surface area (Å²) in [5.74, 6) is -0.982. The van der Waals surface area contributed by atoms with Crippen molar-refractivity contribution in [2.24, 2.45) is 5.14 Å². The van der Waals surface area contributed by atoms with Crippen molar-refractivity contribution >= 4 is 61.7 Å². The third-order valence-electron chi connectivity index (χ3n) is 5.93. The van der Waals surface area contributed by atoms with E-state index in [1.165, 1.54) is 36.0 Å². The molecule has 8 nitrogen and oxygen atoms in total. The van der Waals surface area contributed by atoms with Gasteiger partial charge in [0.25, 0.3) is 5.91 Å². The Bertz CT molecular complexity index is 1640. The second kappa shape index (κ2) is 9.81. The molecule has 0 bridgehead atoms. The Morgan fingerprint density at radius 3 is 2.24 bits per heavy atom. The first-order valence-electron chi connectivity index (χ1n) is 11.3. The van der Waals surface area contributed by atoms with Crippen LogP contribution in [-0.2, 0) is 19.6 Å². The first-order valence-corrected chi connectivity index (χ1v) is 13.7. The van der Waals surface area contributed by atoms with Gasteiger partial charge in [-0.15, -0.1) is 11.8 Å². The maximum Gasteiger partial charge on any atom is 0.255 e. The number of carbonyl (C=O) groups is 3. The number of fused-ring (bicyclic) bond motifs is 1. The van der Waals surface area contributed by atoms with Crippen LogP contribution >= 0.6 is 11.8 Å². The number of rotatable bonds is 6. The van der Waals surface area contributed by atoms with Crippen molar-refractivity contribution in [1.29, 1.82) is 0 Å². The molecule has 0 spiro atoms. The Morgan fingerprint density at radius 2 is 1.57 bits per heavy atom. The number of carbonyl (C=O) groups excluding carboxylic acids is 3. The number of nitrogens with zero attached hydrogens (tertiary/aromatic N) is 1. The van der Waals surface area contributed by atoms with Gasteiger partial charge in [0.05, 0.1) is 15.8 Å². The van der Waals surface area contributed by atoms with Crippen LogP contribution in [0.15, 0.2) is 101 Å². The van der Waals surface area contributed by atoms with E-state index in [0.717, 1.165) is 20.6 Å². The van der Waals surface area contributed by atoms with Crippen LogP contribution in [0.3, 0.4) is 0 Å². The maximum atomic E-state index is 12.9. The molecule has 3 N–H and O–H groups in total. The molecule has 1 unspecified atom stereocenters. The predicted octanol–water partition coefficient (Wildman–Crippen LogP) is 4.16. The van der Waals surface area contributed by atoms with Crippen LogP contribution in [0.2, 0.25) is 0 Å². The van der Waals surface area contributed by atoms with Gasteiger partial charge in [-0.2, -0.15) is 0 Å². The summed E-state index contributed by atoms with van der Waals surface area (Å²) in [5.41, 5.74) is 1.44. The van der Waals surface area contributed by atoms with E-state index in [2.05, 4.69) is 5.32 Å². The fraction of sp³-hybridized carbons (Fsp3) is 0.0741. The Labute approximate surface area is 217 Å². The van der Waals surface area contributed by atoms with Crippen LogP contribution in [-0.4, -0.2) is 31.4 Å². The van der Waals surface area contributed by atoms with Gasteiger partial charge in [0, 0.05) is 22.6 Å². The van der Waals surface area contributed by atoms with E-state index in [1.54, 1.807) is 30.3 Å². The van der Waals surface area contributed by atoms with Crippen molar-refractivity contribution < 1.29 is 22.8 Å². The number of hydrogen-bond acceptors (Lipinski definition) is 6. The highest BCUT2D eigenvalue weighted by atomic mass is 32.2.